The van der Waals surface area contributed by atoms with Crippen molar-refractivity contribution in [2.45, 2.75) is 19.2 Å². The molecular formula is C16H14Cl2N2O3S. The van der Waals surface area contributed by atoms with Crippen LogP contribution < -0.4 is 0 Å². The summed E-state index contributed by atoms with van der Waals surface area (Å²) in [7, 11) is -4.09. The Morgan fingerprint density at radius 3 is 2.62 bits per heavy atom. The number of benzene rings is 2. The second-order valence-electron chi connectivity index (χ2n) is 5.53. The van der Waals surface area contributed by atoms with Gasteiger partial charge in [0.15, 0.2) is 0 Å². The number of halogens is 2. The molecule has 3 rings (SSSR count). The van der Waals surface area contributed by atoms with E-state index >= 15 is 0 Å². The summed E-state index contributed by atoms with van der Waals surface area (Å²) < 4.78 is 33.2. The number of aryl methyl sites for hydroxylation is 1. The van der Waals surface area contributed by atoms with Crippen molar-refractivity contribution < 1.29 is 13.0 Å². The third-order valence-electron chi connectivity index (χ3n) is 3.69. The molecule has 0 saturated carbocycles. The van der Waals surface area contributed by atoms with Crippen LogP contribution in [0.5, 0.6) is 0 Å². The first-order chi connectivity index (χ1) is 11.2. The van der Waals surface area contributed by atoms with Crippen LogP contribution in [0.3, 0.4) is 0 Å². The van der Waals surface area contributed by atoms with Gasteiger partial charge in [-0.3, -0.25) is 4.55 Å². The molecule has 0 saturated heterocycles. The highest BCUT2D eigenvalue weighted by Gasteiger charge is 2.13. The van der Waals surface area contributed by atoms with Crippen molar-refractivity contribution in [2.24, 2.45) is 0 Å². The van der Waals surface area contributed by atoms with Crippen molar-refractivity contribution in [2.75, 3.05) is 0 Å². The van der Waals surface area contributed by atoms with Crippen molar-refractivity contribution in [3.63, 3.8) is 0 Å². The van der Waals surface area contributed by atoms with Gasteiger partial charge >= 0.3 is 0 Å². The standard InChI is InChI=1S/C16H14Cl2N2O3S/c1-10-19-15-5-2-11(9-24(21,22)23)6-16(15)20(10)8-12-7-13(17)3-4-14(12)18/h2-7H,8-9H2,1H3,(H,21,22,23). The average Bonchev–Trinajstić information content (AvgIpc) is 2.77. The summed E-state index contributed by atoms with van der Waals surface area (Å²) in [4.78, 5) is 4.47. The van der Waals surface area contributed by atoms with E-state index in [9.17, 15) is 8.42 Å². The van der Waals surface area contributed by atoms with E-state index in [1.807, 2.05) is 11.5 Å². The number of aromatic nitrogens is 2. The molecule has 2 aromatic carbocycles. The molecule has 0 radical (unpaired) electrons. The van der Waals surface area contributed by atoms with E-state index in [1.54, 1.807) is 36.4 Å². The van der Waals surface area contributed by atoms with E-state index in [1.165, 1.54) is 0 Å². The van der Waals surface area contributed by atoms with Crippen molar-refractivity contribution >= 4 is 44.4 Å². The van der Waals surface area contributed by atoms with E-state index in [2.05, 4.69) is 4.98 Å². The van der Waals surface area contributed by atoms with Gasteiger partial charge in [-0.1, -0.05) is 29.3 Å². The van der Waals surface area contributed by atoms with E-state index in [0.717, 1.165) is 22.4 Å². The van der Waals surface area contributed by atoms with Crippen molar-refractivity contribution in [1.82, 2.24) is 9.55 Å². The molecule has 0 spiro atoms. The van der Waals surface area contributed by atoms with Gasteiger partial charge in [0.1, 0.15) is 11.6 Å². The maximum Gasteiger partial charge on any atom is 0.269 e. The highest BCUT2D eigenvalue weighted by atomic mass is 35.5. The first-order valence-electron chi connectivity index (χ1n) is 7.08. The molecule has 8 heteroatoms. The molecule has 0 bridgehead atoms. The van der Waals surface area contributed by atoms with E-state index in [4.69, 9.17) is 27.8 Å². The molecule has 3 aromatic rings. The molecule has 0 aliphatic heterocycles. The normalized spacial score (nSPS) is 12.0. The summed E-state index contributed by atoms with van der Waals surface area (Å²) in [5.41, 5.74) is 2.84. The lowest BCUT2D eigenvalue weighted by atomic mass is 10.2. The Kier molecular flexibility index (Phi) is 4.57. The van der Waals surface area contributed by atoms with Crippen molar-refractivity contribution in [1.29, 1.82) is 0 Å². The number of hydrogen-bond donors (Lipinski definition) is 1. The lowest BCUT2D eigenvalue weighted by Crippen LogP contribution is -2.04. The molecule has 126 valence electrons. The number of imidazole rings is 1. The van der Waals surface area contributed by atoms with Gasteiger partial charge in [0.2, 0.25) is 0 Å². The van der Waals surface area contributed by atoms with Crippen LogP contribution in [-0.2, 0) is 22.4 Å². The van der Waals surface area contributed by atoms with Gasteiger partial charge < -0.3 is 4.57 Å². The third-order valence-corrected chi connectivity index (χ3v) is 4.99. The minimum Gasteiger partial charge on any atom is -0.324 e. The quantitative estimate of drug-likeness (QED) is 0.687. The lowest BCUT2D eigenvalue weighted by molar-refractivity contribution is 0.482. The van der Waals surface area contributed by atoms with Crippen LogP contribution in [0, 0.1) is 6.92 Å². The monoisotopic (exact) mass is 384 g/mol. The van der Waals surface area contributed by atoms with Gasteiger partial charge in [-0.25, -0.2) is 4.98 Å². The van der Waals surface area contributed by atoms with E-state index in [-0.39, 0.29) is 0 Å². The SMILES string of the molecule is Cc1nc2ccc(CS(=O)(=O)O)cc2n1Cc1cc(Cl)ccc1Cl. The first kappa shape index (κ1) is 17.2. The molecule has 0 aliphatic carbocycles. The van der Waals surface area contributed by atoms with Gasteiger partial charge in [0.05, 0.1) is 17.6 Å². The molecule has 24 heavy (non-hydrogen) atoms. The van der Waals surface area contributed by atoms with Gasteiger partial charge in [-0.05, 0) is 48.4 Å². The fraction of sp³-hybridized carbons (Fsp3) is 0.188. The first-order valence-corrected chi connectivity index (χ1v) is 9.44. The van der Waals surface area contributed by atoms with Gasteiger partial charge in [0, 0.05) is 10.0 Å². The molecule has 0 aliphatic rings. The fourth-order valence-corrected chi connectivity index (χ4v) is 3.60. The number of rotatable bonds is 4. The van der Waals surface area contributed by atoms with Crippen LogP contribution in [0.25, 0.3) is 11.0 Å². The number of nitrogens with zero attached hydrogens (tertiary/aromatic N) is 2. The lowest BCUT2D eigenvalue weighted by Gasteiger charge is -2.10. The zero-order valence-electron chi connectivity index (χ0n) is 12.7. The molecule has 0 amide bonds. The van der Waals surface area contributed by atoms with E-state index in [0.29, 0.717) is 22.2 Å². The zero-order chi connectivity index (χ0) is 17.5. The molecule has 1 aromatic heterocycles. The molecule has 1 heterocycles. The molecule has 0 atom stereocenters. The maximum atomic E-state index is 11.1. The minimum absolute atomic E-state index is 0.439. The van der Waals surface area contributed by atoms with Crippen LogP contribution in [-0.4, -0.2) is 22.5 Å². The predicted octanol–water partition coefficient (Wildman–Crippen LogP) is 4.09. The second kappa shape index (κ2) is 6.37. The summed E-state index contributed by atoms with van der Waals surface area (Å²) in [5, 5.41) is 1.18. The molecule has 0 fully saturated rings. The van der Waals surface area contributed by atoms with Crippen molar-refractivity contribution in [3.05, 3.63) is 63.4 Å². The summed E-state index contributed by atoms with van der Waals surface area (Å²) in [6, 6.07) is 10.3. The number of hydrogen-bond acceptors (Lipinski definition) is 3. The van der Waals surface area contributed by atoms with Gasteiger partial charge in [-0.15, -0.1) is 0 Å². The highest BCUT2D eigenvalue weighted by molar-refractivity contribution is 7.85. The molecular weight excluding hydrogens is 371 g/mol. The number of fused-ring (bicyclic) bond motifs is 1. The summed E-state index contributed by atoms with van der Waals surface area (Å²) in [6.07, 6.45) is 0. The van der Waals surface area contributed by atoms with Gasteiger partial charge in [0.25, 0.3) is 10.1 Å². The summed E-state index contributed by atoms with van der Waals surface area (Å²) in [6.45, 7) is 2.32. The highest BCUT2D eigenvalue weighted by Crippen LogP contribution is 2.25. The smallest absolute Gasteiger partial charge is 0.269 e. The third kappa shape index (κ3) is 3.72. The Balaban J connectivity index is 2.08. The Labute approximate surface area is 149 Å². The van der Waals surface area contributed by atoms with Gasteiger partial charge in [-0.2, -0.15) is 8.42 Å². The topological polar surface area (TPSA) is 72.2 Å². The second-order valence-corrected chi connectivity index (χ2v) is 7.83. The minimum atomic E-state index is -4.09. The molecule has 1 N–H and O–H groups in total. The van der Waals surface area contributed by atoms with Crippen LogP contribution in [0.4, 0.5) is 0 Å². The maximum absolute atomic E-state index is 11.1. The Bertz CT molecular complexity index is 1030. The van der Waals surface area contributed by atoms with Crippen LogP contribution >= 0.6 is 23.2 Å². The Morgan fingerprint density at radius 2 is 1.92 bits per heavy atom. The molecule has 0 unspecified atom stereocenters. The fourth-order valence-electron chi connectivity index (χ4n) is 2.62. The average molecular weight is 385 g/mol. The zero-order valence-corrected chi connectivity index (χ0v) is 15.0. The Hall–Kier alpha value is -1.60. The van der Waals surface area contributed by atoms with Crippen LogP contribution in [0.2, 0.25) is 10.0 Å². The van der Waals surface area contributed by atoms with Crippen LogP contribution in [0.1, 0.15) is 17.0 Å². The van der Waals surface area contributed by atoms with E-state index < -0.39 is 15.9 Å². The predicted molar refractivity (Wildman–Crippen MR) is 95.3 cm³/mol. The summed E-state index contributed by atoms with van der Waals surface area (Å²) >= 11 is 12.3. The summed E-state index contributed by atoms with van der Waals surface area (Å²) in [5.74, 6) is 0.329. The largest absolute Gasteiger partial charge is 0.324 e. The molecule has 5 nitrogen and oxygen atoms in total. The van der Waals surface area contributed by atoms with Crippen molar-refractivity contribution in [3.8, 4) is 0 Å². The Morgan fingerprint density at radius 1 is 1.17 bits per heavy atom. The van der Waals surface area contributed by atoms with Crippen LogP contribution in [0.15, 0.2) is 36.4 Å².